The number of likely N-dealkylation sites (tertiary alicyclic amines) is 2. The highest BCUT2D eigenvalue weighted by Gasteiger charge is 2.46. The molecule has 40 heavy (non-hydrogen) atoms. The lowest BCUT2D eigenvalue weighted by Gasteiger charge is -2.35. The fraction of sp³-hybridized carbons (Fsp3) is 0.581. The zero-order valence-electron chi connectivity index (χ0n) is 24.9. The van der Waals surface area contributed by atoms with Crippen molar-refractivity contribution in [2.75, 3.05) is 49.9 Å². The summed E-state index contributed by atoms with van der Waals surface area (Å²) in [4.78, 5) is 26.3. The van der Waals surface area contributed by atoms with Crippen LogP contribution in [0.1, 0.15) is 59.1 Å². The number of amides is 1. The van der Waals surface area contributed by atoms with Crippen LogP contribution in [-0.2, 0) is 16.0 Å². The van der Waals surface area contributed by atoms with Crippen LogP contribution in [0.5, 0.6) is 0 Å². The number of pyridine rings is 1. The van der Waals surface area contributed by atoms with Crippen molar-refractivity contribution < 1.29 is 14.3 Å². The van der Waals surface area contributed by atoms with Crippen LogP contribution in [0.15, 0.2) is 30.3 Å². The smallest absolute Gasteiger partial charge is 0.410 e. The molecule has 3 aliphatic heterocycles. The molecular formula is C31H42N6O3. The average Bonchev–Trinajstić information content (AvgIpc) is 3.43. The molecule has 0 spiro atoms. The van der Waals surface area contributed by atoms with Gasteiger partial charge in [-0.25, -0.2) is 9.78 Å². The molecule has 1 amide bonds. The lowest BCUT2D eigenvalue weighted by molar-refractivity contribution is 0.0124. The number of piperazine rings is 1. The van der Waals surface area contributed by atoms with Crippen molar-refractivity contribution in [3.63, 3.8) is 0 Å². The van der Waals surface area contributed by atoms with E-state index in [-0.39, 0.29) is 17.6 Å². The minimum atomic E-state index is -0.492. The lowest BCUT2D eigenvalue weighted by atomic mass is 9.96. The number of fused-ring (bicyclic) bond motifs is 3. The number of benzene rings is 1. The van der Waals surface area contributed by atoms with Crippen LogP contribution in [0.25, 0.3) is 11.3 Å². The first-order chi connectivity index (χ1) is 18.8. The van der Waals surface area contributed by atoms with Gasteiger partial charge in [0.25, 0.3) is 0 Å². The highest BCUT2D eigenvalue weighted by atomic mass is 16.6. The Bertz CT molecular complexity index is 1310. The fourth-order valence-corrected chi connectivity index (χ4v) is 5.96. The Morgan fingerprint density at radius 1 is 1.10 bits per heavy atom. The van der Waals surface area contributed by atoms with Gasteiger partial charge in [0.1, 0.15) is 19.1 Å². The highest BCUT2D eigenvalue weighted by molar-refractivity contribution is 5.75. The molecule has 2 fully saturated rings. The third kappa shape index (κ3) is 6.03. The Morgan fingerprint density at radius 3 is 2.52 bits per heavy atom. The first kappa shape index (κ1) is 28.2. The monoisotopic (exact) mass is 546 g/mol. The van der Waals surface area contributed by atoms with E-state index in [0.29, 0.717) is 31.6 Å². The average molecular weight is 547 g/mol. The second kappa shape index (κ2) is 10.6. The second-order valence-electron chi connectivity index (χ2n) is 13.6. The normalized spacial score (nSPS) is 21.3. The predicted octanol–water partition coefficient (Wildman–Crippen LogP) is 5.05. The van der Waals surface area contributed by atoms with Crippen LogP contribution < -0.4 is 9.80 Å². The SMILES string of the molecule is CN1COCN(CC(C)(C)C)c2ccc(-c3cc(CN4CC5CC4CN5C(=O)OC(C)(C)C)ccc3C#N)nc21. The molecule has 2 aromatic rings. The van der Waals surface area contributed by atoms with Crippen molar-refractivity contribution in [2.24, 2.45) is 5.41 Å². The van der Waals surface area contributed by atoms with Gasteiger partial charge in [-0.2, -0.15) is 5.26 Å². The zero-order chi connectivity index (χ0) is 28.8. The molecule has 0 saturated carbocycles. The maximum Gasteiger partial charge on any atom is 0.410 e. The van der Waals surface area contributed by atoms with Gasteiger partial charge in [0, 0.05) is 50.9 Å². The van der Waals surface area contributed by atoms with Gasteiger partial charge in [-0.15, -0.1) is 0 Å². The lowest BCUT2D eigenvalue weighted by Crippen LogP contribution is -2.49. The van der Waals surface area contributed by atoms with Gasteiger partial charge in [0.15, 0.2) is 5.82 Å². The molecule has 0 aliphatic carbocycles. The molecule has 3 aliphatic rings. The number of hydrogen-bond donors (Lipinski definition) is 0. The van der Waals surface area contributed by atoms with Crippen molar-refractivity contribution >= 4 is 17.6 Å². The molecule has 9 nitrogen and oxygen atoms in total. The zero-order valence-corrected chi connectivity index (χ0v) is 24.9. The number of carbonyl (C=O) groups is 1. The summed E-state index contributed by atoms with van der Waals surface area (Å²) in [6.07, 6.45) is 0.750. The van der Waals surface area contributed by atoms with E-state index in [1.807, 2.05) is 55.8 Å². The van der Waals surface area contributed by atoms with E-state index in [0.717, 1.165) is 54.4 Å². The molecule has 4 heterocycles. The molecule has 214 valence electrons. The Hall–Kier alpha value is -3.35. The number of carbonyl (C=O) groups excluding carboxylic acids is 1. The number of nitrogens with zero attached hydrogens (tertiary/aromatic N) is 6. The summed E-state index contributed by atoms with van der Waals surface area (Å²) in [7, 11) is 1.99. The molecular weight excluding hydrogens is 504 g/mol. The quantitative estimate of drug-likeness (QED) is 0.527. The Labute approximate surface area is 238 Å². The molecule has 1 aromatic heterocycles. The number of aromatic nitrogens is 1. The first-order valence-corrected chi connectivity index (χ1v) is 14.1. The van der Waals surface area contributed by atoms with E-state index >= 15 is 0 Å². The molecule has 5 rings (SSSR count). The third-order valence-electron chi connectivity index (χ3n) is 7.60. The first-order valence-electron chi connectivity index (χ1n) is 14.1. The van der Waals surface area contributed by atoms with Crippen LogP contribution in [0, 0.1) is 16.7 Å². The van der Waals surface area contributed by atoms with E-state index < -0.39 is 5.60 Å². The number of anilines is 2. The maximum atomic E-state index is 12.7. The molecule has 0 radical (unpaired) electrons. The van der Waals surface area contributed by atoms with E-state index in [9.17, 15) is 10.1 Å². The fourth-order valence-electron chi connectivity index (χ4n) is 5.96. The largest absolute Gasteiger partial charge is 0.444 e. The van der Waals surface area contributed by atoms with Gasteiger partial charge in [0.05, 0.1) is 23.0 Å². The van der Waals surface area contributed by atoms with Crippen LogP contribution >= 0.6 is 0 Å². The summed E-state index contributed by atoms with van der Waals surface area (Å²) in [5.41, 5.74) is 4.00. The van der Waals surface area contributed by atoms with Crippen LogP contribution in [0.2, 0.25) is 0 Å². The van der Waals surface area contributed by atoms with Crippen LogP contribution in [0.3, 0.4) is 0 Å². The summed E-state index contributed by atoms with van der Waals surface area (Å²) >= 11 is 0. The summed E-state index contributed by atoms with van der Waals surface area (Å²) in [5.74, 6) is 0.854. The van der Waals surface area contributed by atoms with Crippen molar-refractivity contribution in [2.45, 2.75) is 72.2 Å². The van der Waals surface area contributed by atoms with Gasteiger partial charge < -0.3 is 24.2 Å². The van der Waals surface area contributed by atoms with Crippen molar-refractivity contribution in [1.29, 1.82) is 5.26 Å². The highest BCUT2D eigenvalue weighted by Crippen LogP contribution is 2.36. The number of ether oxygens (including phenoxy) is 2. The van der Waals surface area contributed by atoms with Crippen molar-refractivity contribution in [1.82, 2.24) is 14.8 Å². The molecule has 2 unspecified atom stereocenters. The van der Waals surface area contributed by atoms with Gasteiger partial charge in [-0.1, -0.05) is 26.8 Å². The molecule has 2 atom stereocenters. The Morgan fingerprint density at radius 2 is 1.88 bits per heavy atom. The summed E-state index contributed by atoms with van der Waals surface area (Å²) < 4.78 is 11.5. The van der Waals surface area contributed by atoms with E-state index in [2.05, 4.69) is 48.8 Å². The van der Waals surface area contributed by atoms with Gasteiger partial charge in [-0.05, 0) is 62.4 Å². The van der Waals surface area contributed by atoms with Gasteiger partial charge in [-0.3, -0.25) is 4.90 Å². The topological polar surface area (TPSA) is 85.2 Å². The molecule has 1 aromatic carbocycles. The molecule has 9 heteroatoms. The Kier molecular flexibility index (Phi) is 7.45. The van der Waals surface area contributed by atoms with Crippen molar-refractivity contribution in [3.05, 3.63) is 41.5 Å². The molecule has 2 bridgehead atoms. The standard InChI is InChI=1S/C31H42N6O3/c1-30(2,3)18-36-20-39-19-34(7)28-27(36)11-10-26(33-28)25-12-21(8-9-22(25)14-32)15-35-16-24-13-23(35)17-37(24)29(38)40-31(4,5)6/h8-12,23-24H,13,15-20H2,1-7H3. The minimum Gasteiger partial charge on any atom is -0.444 e. The number of nitriles is 1. The second-order valence-corrected chi connectivity index (χ2v) is 13.6. The maximum absolute atomic E-state index is 12.7. The van der Waals surface area contributed by atoms with E-state index in [4.69, 9.17) is 14.5 Å². The van der Waals surface area contributed by atoms with Crippen LogP contribution in [-0.4, -0.2) is 78.7 Å². The Balaban J connectivity index is 1.36. The third-order valence-corrected chi connectivity index (χ3v) is 7.60. The summed E-state index contributed by atoms with van der Waals surface area (Å²) in [6, 6.07) is 13.0. The van der Waals surface area contributed by atoms with Crippen LogP contribution in [0.4, 0.5) is 16.3 Å². The minimum absolute atomic E-state index is 0.101. The predicted molar refractivity (Wildman–Crippen MR) is 156 cm³/mol. The van der Waals surface area contributed by atoms with E-state index in [1.54, 1.807) is 0 Å². The summed E-state index contributed by atoms with van der Waals surface area (Å²) in [5, 5.41) is 9.93. The molecule has 0 N–H and O–H groups in total. The number of hydrogen-bond acceptors (Lipinski definition) is 8. The molecule has 2 saturated heterocycles. The number of rotatable bonds is 4. The van der Waals surface area contributed by atoms with Gasteiger partial charge >= 0.3 is 6.09 Å². The summed E-state index contributed by atoms with van der Waals surface area (Å²) in [6.45, 7) is 16.4. The van der Waals surface area contributed by atoms with E-state index in [1.165, 1.54) is 0 Å². The van der Waals surface area contributed by atoms with Gasteiger partial charge in [0.2, 0.25) is 0 Å². The van der Waals surface area contributed by atoms with Crippen molar-refractivity contribution in [3.8, 4) is 17.3 Å².